The standard InChI is InChI=1S/C26H30ClFN4O3/c1-14-21-23-22(24(29-26(21)31-30-14)16-4-5-19(33)17(27)12-16)18(28)13-20(25(23)34-3)35-11-8-15-6-9-32(2)10-7-15/h4-5,12-13,15,22,24,33H,6-11H2,1-3H3,(H,29,31). The molecular weight excluding hydrogens is 471 g/mol. The smallest absolute Gasteiger partial charge is 0.165 e. The highest BCUT2D eigenvalue weighted by molar-refractivity contribution is 6.32. The molecule has 1 fully saturated rings. The fourth-order valence-corrected chi connectivity index (χ4v) is 5.49. The second-order valence-corrected chi connectivity index (χ2v) is 9.93. The molecule has 0 amide bonds. The molecule has 7 nitrogen and oxygen atoms in total. The lowest BCUT2D eigenvalue weighted by Gasteiger charge is -2.32. The molecule has 2 N–H and O–H groups in total. The van der Waals surface area contributed by atoms with Gasteiger partial charge in [-0.05, 0) is 69.9 Å². The maximum Gasteiger partial charge on any atom is 0.165 e. The lowest BCUT2D eigenvalue weighted by Crippen LogP contribution is -2.39. The van der Waals surface area contributed by atoms with E-state index in [0.717, 1.165) is 37.6 Å². The first kappa shape index (κ1) is 23.9. The van der Waals surface area contributed by atoms with Gasteiger partial charge in [-0.2, -0.15) is 5.10 Å². The first-order valence-electron chi connectivity index (χ1n) is 12.0. The van der Waals surface area contributed by atoms with Crippen molar-refractivity contribution in [3.63, 3.8) is 0 Å². The summed E-state index contributed by atoms with van der Waals surface area (Å²) in [5.74, 6) is 0.367. The van der Waals surface area contributed by atoms with Crippen LogP contribution in [0.25, 0.3) is 5.57 Å². The molecule has 1 aromatic carbocycles. The highest BCUT2D eigenvalue weighted by atomic mass is 35.5. The van der Waals surface area contributed by atoms with Crippen molar-refractivity contribution >= 4 is 17.2 Å². The summed E-state index contributed by atoms with van der Waals surface area (Å²) < 4.78 is 27.8. The van der Waals surface area contributed by atoms with E-state index in [0.29, 0.717) is 46.4 Å². The number of hydrogen-bond donors (Lipinski definition) is 2. The summed E-state index contributed by atoms with van der Waals surface area (Å²) in [4.78, 5) is 7.13. The molecule has 9 heteroatoms. The Morgan fingerprint density at radius 1 is 1.29 bits per heavy atom. The molecule has 35 heavy (non-hydrogen) atoms. The van der Waals surface area contributed by atoms with Crippen LogP contribution in [0.2, 0.25) is 5.02 Å². The van der Waals surface area contributed by atoms with Crippen molar-refractivity contribution in [3.05, 3.63) is 68.6 Å². The minimum Gasteiger partial charge on any atom is -0.506 e. The highest BCUT2D eigenvalue weighted by Crippen LogP contribution is 2.46. The number of piperidine rings is 1. The van der Waals surface area contributed by atoms with Gasteiger partial charge in [-0.25, -0.2) is 4.39 Å². The van der Waals surface area contributed by atoms with Gasteiger partial charge < -0.3 is 19.5 Å². The van der Waals surface area contributed by atoms with Crippen LogP contribution in [0.15, 0.2) is 46.6 Å². The predicted octanol–water partition coefficient (Wildman–Crippen LogP) is 3.69. The van der Waals surface area contributed by atoms with Gasteiger partial charge in [0.1, 0.15) is 11.6 Å². The number of aryl methyl sites for hydroxylation is 1. The summed E-state index contributed by atoms with van der Waals surface area (Å²) in [7, 11) is 3.72. The molecule has 0 bridgehead atoms. The van der Waals surface area contributed by atoms with E-state index in [2.05, 4.69) is 22.1 Å². The van der Waals surface area contributed by atoms with Crippen LogP contribution in [0.4, 0.5) is 4.39 Å². The first-order chi connectivity index (χ1) is 16.9. The van der Waals surface area contributed by atoms with Gasteiger partial charge in [-0.3, -0.25) is 10.1 Å². The Bertz CT molecular complexity index is 1310. The summed E-state index contributed by atoms with van der Waals surface area (Å²) in [5.41, 5.74) is 2.60. The van der Waals surface area contributed by atoms with Crippen LogP contribution in [0.5, 0.6) is 5.75 Å². The van der Waals surface area contributed by atoms with Gasteiger partial charge in [-0.15, -0.1) is 0 Å². The van der Waals surface area contributed by atoms with Gasteiger partial charge in [0.05, 0.1) is 36.4 Å². The third kappa shape index (κ3) is 4.45. The second kappa shape index (κ2) is 9.66. The van der Waals surface area contributed by atoms with Crippen LogP contribution in [-0.4, -0.2) is 54.1 Å². The van der Waals surface area contributed by atoms with Crippen molar-refractivity contribution in [2.75, 3.05) is 33.9 Å². The molecule has 2 aliphatic heterocycles. The Labute approximate surface area is 208 Å². The van der Waals surface area contributed by atoms with Gasteiger partial charge in [-0.1, -0.05) is 17.7 Å². The average Bonchev–Trinajstić information content (AvgIpc) is 3.22. The predicted molar refractivity (Wildman–Crippen MR) is 131 cm³/mol. The number of nitrogens with zero attached hydrogens (tertiary/aromatic N) is 3. The van der Waals surface area contributed by atoms with Crippen LogP contribution in [0.3, 0.4) is 0 Å². The summed E-state index contributed by atoms with van der Waals surface area (Å²) in [6, 6.07) is 4.21. The number of benzene rings is 1. The molecule has 2 atom stereocenters. The number of ether oxygens (including phenoxy) is 2. The molecule has 186 valence electrons. The van der Waals surface area contributed by atoms with Crippen molar-refractivity contribution < 1.29 is 19.0 Å². The summed E-state index contributed by atoms with van der Waals surface area (Å²) >= 11 is 6.17. The normalized spacial score (nSPS) is 22.9. The van der Waals surface area contributed by atoms with Crippen LogP contribution in [0, 0.1) is 18.8 Å². The van der Waals surface area contributed by atoms with Gasteiger partial charge in [0.15, 0.2) is 17.0 Å². The largest absolute Gasteiger partial charge is 0.506 e. The van der Waals surface area contributed by atoms with Gasteiger partial charge in [0.25, 0.3) is 0 Å². The Balaban J connectivity index is 1.51. The molecule has 0 radical (unpaired) electrons. The monoisotopic (exact) mass is 500 g/mol. The molecule has 0 spiro atoms. The zero-order valence-corrected chi connectivity index (χ0v) is 20.9. The van der Waals surface area contributed by atoms with Crippen LogP contribution in [-0.2, 0) is 9.47 Å². The second-order valence-electron chi connectivity index (χ2n) is 9.52. The van der Waals surface area contributed by atoms with Gasteiger partial charge in [0.2, 0.25) is 0 Å². The lowest BCUT2D eigenvalue weighted by atomic mass is 9.79. The number of fused-ring (bicyclic) bond motifs is 2. The molecule has 1 aliphatic carbocycles. The van der Waals surface area contributed by atoms with Crippen molar-refractivity contribution in [3.8, 4) is 5.75 Å². The number of aromatic hydroxyl groups is 1. The summed E-state index contributed by atoms with van der Waals surface area (Å²) in [6.07, 6.45) is 4.64. The van der Waals surface area contributed by atoms with Crippen molar-refractivity contribution in [1.29, 1.82) is 0 Å². The molecule has 2 aromatic rings. The minimum absolute atomic E-state index is 0.0362. The molecular formula is C26H30ClFN4O3. The van der Waals surface area contributed by atoms with Crippen LogP contribution in [0.1, 0.15) is 36.6 Å². The Kier molecular flexibility index (Phi) is 6.59. The molecule has 0 saturated carbocycles. The van der Waals surface area contributed by atoms with E-state index in [1.165, 1.54) is 12.1 Å². The SMILES string of the molecule is COC1=C(OCCC2CCN(C)CC2)C=C(F)C2C1=c1c(C)n[nH]c1=NC2c1ccc(O)c(Cl)c1. The van der Waals surface area contributed by atoms with E-state index in [4.69, 9.17) is 26.1 Å². The van der Waals surface area contributed by atoms with E-state index in [1.807, 2.05) is 6.92 Å². The van der Waals surface area contributed by atoms with Gasteiger partial charge in [0, 0.05) is 16.9 Å². The quantitative estimate of drug-likeness (QED) is 0.632. The number of allylic oxidation sites excluding steroid dienone is 2. The van der Waals surface area contributed by atoms with E-state index in [9.17, 15) is 5.11 Å². The topological polar surface area (TPSA) is 83.0 Å². The van der Waals surface area contributed by atoms with Gasteiger partial charge >= 0.3 is 0 Å². The number of phenolic OH excluding ortho intramolecular Hbond substituents is 1. The van der Waals surface area contributed by atoms with Crippen molar-refractivity contribution in [2.45, 2.75) is 32.2 Å². The minimum atomic E-state index is -0.726. The number of aromatic amines is 1. The van der Waals surface area contributed by atoms with Crippen molar-refractivity contribution in [2.24, 2.45) is 16.8 Å². The zero-order chi connectivity index (χ0) is 24.7. The number of rotatable bonds is 6. The van der Waals surface area contributed by atoms with Crippen LogP contribution < -0.4 is 10.7 Å². The fourth-order valence-electron chi connectivity index (χ4n) is 5.30. The Morgan fingerprint density at radius 3 is 2.77 bits per heavy atom. The summed E-state index contributed by atoms with van der Waals surface area (Å²) in [5, 5.41) is 18.1. The Morgan fingerprint density at radius 2 is 2.06 bits per heavy atom. The maximum atomic E-state index is 15.8. The number of nitrogens with one attached hydrogen (secondary N) is 1. The number of hydrogen-bond acceptors (Lipinski definition) is 6. The van der Waals surface area contributed by atoms with Crippen LogP contribution >= 0.6 is 11.6 Å². The summed E-state index contributed by atoms with van der Waals surface area (Å²) in [6.45, 7) is 4.55. The average molecular weight is 501 g/mol. The van der Waals surface area contributed by atoms with E-state index in [1.54, 1.807) is 19.2 Å². The number of likely N-dealkylation sites (tertiary alicyclic amines) is 1. The highest BCUT2D eigenvalue weighted by Gasteiger charge is 2.41. The first-order valence-corrected chi connectivity index (χ1v) is 12.3. The molecule has 2 unspecified atom stereocenters. The maximum absolute atomic E-state index is 15.8. The number of aromatic nitrogens is 2. The number of methoxy groups -OCH3 is 1. The molecule has 1 aromatic heterocycles. The number of H-pyrrole nitrogens is 1. The third-order valence-corrected chi connectivity index (χ3v) is 7.57. The molecule has 3 heterocycles. The van der Waals surface area contributed by atoms with E-state index in [-0.39, 0.29) is 16.6 Å². The number of phenols is 1. The molecule has 3 aliphatic rings. The Hall–Kier alpha value is -2.84. The lowest BCUT2D eigenvalue weighted by molar-refractivity contribution is 0.146. The third-order valence-electron chi connectivity index (χ3n) is 7.27. The fraction of sp³-hybridized carbons (Fsp3) is 0.462. The molecule has 1 saturated heterocycles. The zero-order valence-electron chi connectivity index (χ0n) is 20.1. The number of halogens is 2. The van der Waals surface area contributed by atoms with E-state index < -0.39 is 12.0 Å². The molecule has 5 rings (SSSR count). The van der Waals surface area contributed by atoms with Crippen molar-refractivity contribution in [1.82, 2.24) is 15.1 Å². The van der Waals surface area contributed by atoms with E-state index >= 15 is 4.39 Å².